The van der Waals surface area contributed by atoms with Crippen LogP contribution in [0.5, 0.6) is 0 Å². The van der Waals surface area contributed by atoms with Gasteiger partial charge in [0.1, 0.15) is 11.5 Å². The number of halogens is 2. The Balaban J connectivity index is 1.80. The van der Waals surface area contributed by atoms with Gasteiger partial charge in [0, 0.05) is 17.8 Å². The summed E-state index contributed by atoms with van der Waals surface area (Å²) in [6.07, 6.45) is 3.88. The predicted octanol–water partition coefficient (Wildman–Crippen LogP) is 2.88. The van der Waals surface area contributed by atoms with Crippen molar-refractivity contribution in [3.63, 3.8) is 0 Å². The first-order valence-corrected chi connectivity index (χ1v) is 5.94. The van der Waals surface area contributed by atoms with Crippen LogP contribution in [0, 0.1) is 11.6 Å². The number of fused-ring (bicyclic) bond motifs is 1. The van der Waals surface area contributed by atoms with Crippen LogP contribution in [-0.2, 0) is 0 Å². The van der Waals surface area contributed by atoms with E-state index >= 15 is 0 Å². The van der Waals surface area contributed by atoms with Crippen molar-refractivity contribution in [2.45, 2.75) is 0 Å². The van der Waals surface area contributed by atoms with Gasteiger partial charge in [-0.25, -0.2) is 23.5 Å². The second-order valence-electron chi connectivity index (χ2n) is 4.17. The minimum absolute atomic E-state index is 0.195. The van der Waals surface area contributed by atoms with Crippen LogP contribution in [0.2, 0.25) is 0 Å². The Labute approximate surface area is 117 Å². The fraction of sp³-hybridized carbons (Fsp3) is 0. The summed E-state index contributed by atoms with van der Waals surface area (Å²) in [6, 6.07) is 3.12. The Hall–Kier alpha value is -3.03. The standard InChI is InChI=1S/C13H9F2N5O/c14-7-4-8-10(6-18-11(8)17-5-7)19-13(21)20-12-9(15)2-1-3-16-12/h1-6H,(H,17,18)(H2,16,19,20,21). The summed E-state index contributed by atoms with van der Waals surface area (Å²) in [6.45, 7) is 0. The molecule has 21 heavy (non-hydrogen) atoms. The van der Waals surface area contributed by atoms with Crippen molar-refractivity contribution in [1.82, 2.24) is 15.0 Å². The number of nitrogens with one attached hydrogen (secondary N) is 3. The minimum atomic E-state index is -0.697. The number of aromatic amines is 1. The Morgan fingerprint density at radius 1 is 1.24 bits per heavy atom. The lowest BCUT2D eigenvalue weighted by molar-refractivity contribution is 0.262. The molecule has 2 amide bonds. The molecule has 3 aromatic rings. The zero-order valence-corrected chi connectivity index (χ0v) is 10.5. The van der Waals surface area contributed by atoms with Gasteiger partial charge in [-0.2, -0.15) is 0 Å². The number of carbonyl (C=O) groups is 1. The molecule has 0 saturated carbocycles. The van der Waals surface area contributed by atoms with Crippen molar-refractivity contribution in [2.75, 3.05) is 10.6 Å². The van der Waals surface area contributed by atoms with Gasteiger partial charge in [-0.05, 0) is 18.2 Å². The number of pyridine rings is 2. The topological polar surface area (TPSA) is 82.7 Å². The van der Waals surface area contributed by atoms with Crippen LogP contribution in [0.1, 0.15) is 0 Å². The number of hydrogen-bond acceptors (Lipinski definition) is 3. The maximum atomic E-state index is 13.4. The van der Waals surface area contributed by atoms with E-state index < -0.39 is 17.7 Å². The van der Waals surface area contributed by atoms with E-state index in [4.69, 9.17) is 0 Å². The lowest BCUT2D eigenvalue weighted by Crippen LogP contribution is -2.20. The molecule has 3 heterocycles. The monoisotopic (exact) mass is 289 g/mol. The van der Waals surface area contributed by atoms with Crippen molar-refractivity contribution in [1.29, 1.82) is 0 Å². The maximum Gasteiger partial charge on any atom is 0.324 e. The quantitative estimate of drug-likeness (QED) is 0.678. The van der Waals surface area contributed by atoms with E-state index in [2.05, 4.69) is 25.6 Å². The molecular weight excluding hydrogens is 280 g/mol. The highest BCUT2D eigenvalue weighted by Crippen LogP contribution is 2.22. The van der Waals surface area contributed by atoms with Crippen LogP contribution >= 0.6 is 0 Å². The summed E-state index contributed by atoms with van der Waals surface area (Å²) in [5.41, 5.74) is 0.751. The van der Waals surface area contributed by atoms with Gasteiger partial charge in [0.25, 0.3) is 0 Å². The third-order valence-electron chi connectivity index (χ3n) is 2.74. The molecule has 3 N–H and O–H groups in total. The van der Waals surface area contributed by atoms with E-state index in [1.54, 1.807) is 0 Å². The van der Waals surface area contributed by atoms with Gasteiger partial charge in [0.15, 0.2) is 11.6 Å². The predicted molar refractivity (Wildman–Crippen MR) is 72.9 cm³/mol. The molecule has 3 rings (SSSR count). The second kappa shape index (κ2) is 5.16. The lowest BCUT2D eigenvalue weighted by atomic mass is 10.3. The summed E-state index contributed by atoms with van der Waals surface area (Å²) in [5.74, 6) is -1.38. The Morgan fingerprint density at radius 3 is 2.90 bits per heavy atom. The van der Waals surface area contributed by atoms with E-state index in [1.165, 1.54) is 30.6 Å². The number of anilines is 2. The zero-order valence-electron chi connectivity index (χ0n) is 10.5. The van der Waals surface area contributed by atoms with Gasteiger partial charge in [0.2, 0.25) is 0 Å². The molecule has 0 fully saturated rings. The van der Waals surface area contributed by atoms with Crippen LogP contribution < -0.4 is 10.6 Å². The van der Waals surface area contributed by atoms with Crippen molar-refractivity contribution >= 4 is 28.6 Å². The number of urea groups is 1. The van der Waals surface area contributed by atoms with E-state index in [9.17, 15) is 13.6 Å². The van der Waals surface area contributed by atoms with Crippen molar-refractivity contribution < 1.29 is 13.6 Å². The van der Waals surface area contributed by atoms with Crippen molar-refractivity contribution in [3.8, 4) is 0 Å². The first kappa shape index (κ1) is 13.0. The van der Waals surface area contributed by atoms with E-state index in [-0.39, 0.29) is 5.82 Å². The van der Waals surface area contributed by atoms with Gasteiger partial charge in [-0.1, -0.05) is 0 Å². The minimum Gasteiger partial charge on any atom is -0.344 e. The molecule has 0 bridgehead atoms. The smallest absolute Gasteiger partial charge is 0.324 e. The molecule has 106 valence electrons. The van der Waals surface area contributed by atoms with E-state index in [0.29, 0.717) is 16.7 Å². The molecular formula is C13H9F2N5O. The van der Waals surface area contributed by atoms with Gasteiger partial charge in [-0.3, -0.25) is 5.32 Å². The fourth-order valence-electron chi connectivity index (χ4n) is 1.82. The summed E-state index contributed by atoms with van der Waals surface area (Å²) in [5, 5.41) is 5.15. The van der Waals surface area contributed by atoms with Gasteiger partial charge in [0.05, 0.1) is 11.9 Å². The molecule has 8 heteroatoms. The summed E-state index contributed by atoms with van der Waals surface area (Å²) >= 11 is 0. The Morgan fingerprint density at radius 2 is 2.10 bits per heavy atom. The van der Waals surface area contributed by atoms with Crippen molar-refractivity contribution in [2.24, 2.45) is 0 Å². The van der Waals surface area contributed by atoms with Crippen LogP contribution in [0.15, 0.2) is 36.8 Å². The highest BCUT2D eigenvalue weighted by molar-refractivity contribution is 6.04. The third kappa shape index (κ3) is 2.64. The highest BCUT2D eigenvalue weighted by Gasteiger charge is 2.11. The molecule has 0 aliphatic heterocycles. The number of aromatic nitrogens is 3. The summed E-state index contributed by atoms with van der Waals surface area (Å²) < 4.78 is 26.5. The van der Waals surface area contributed by atoms with Crippen LogP contribution in [0.25, 0.3) is 11.0 Å². The highest BCUT2D eigenvalue weighted by atomic mass is 19.1. The molecule has 0 aliphatic carbocycles. The lowest BCUT2D eigenvalue weighted by Gasteiger charge is -2.06. The Bertz CT molecular complexity index is 817. The third-order valence-corrected chi connectivity index (χ3v) is 2.74. The number of amides is 2. The molecule has 6 nitrogen and oxygen atoms in total. The molecule has 0 atom stereocenters. The molecule has 3 aromatic heterocycles. The van der Waals surface area contributed by atoms with E-state index in [1.807, 2.05) is 0 Å². The molecule has 0 radical (unpaired) electrons. The fourth-order valence-corrected chi connectivity index (χ4v) is 1.82. The van der Waals surface area contributed by atoms with Crippen molar-refractivity contribution in [3.05, 3.63) is 48.4 Å². The first-order chi connectivity index (χ1) is 10.1. The maximum absolute atomic E-state index is 13.4. The normalized spacial score (nSPS) is 10.6. The largest absolute Gasteiger partial charge is 0.344 e. The van der Waals surface area contributed by atoms with Gasteiger partial charge < -0.3 is 10.3 Å². The number of nitrogens with zero attached hydrogens (tertiary/aromatic N) is 2. The van der Waals surface area contributed by atoms with Gasteiger partial charge >= 0.3 is 6.03 Å². The number of hydrogen-bond donors (Lipinski definition) is 3. The number of carbonyl (C=O) groups excluding carboxylic acids is 1. The van der Waals surface area contributed by atoms with Gasteiger partial charge in [-0.15, -0.1) is 0 Å². The molecule has 0 unspecified atom stereocenters. The first-order valence-electron chi connectivity index (χ1n) is 5.94. The van der Waals surface area contributed by atoms with E-state index in [0.717, 1.165) is 6.20 Å². The average molecular weight is 289 g/mol. The molecule has 0 spiro atoms. The Kier molecular flexibility index (Phi) is 3.19. The second-order valence-corrected chi connectivity index (χ2v) is 4.17. The molecule has 0 aliphatic rings. The zero-order chi connectivity index (χ0) is 14.8. The summed E-state index contributed by atoms with van der Waals surface area (Å²) in [4.78, 5) is 22.1. The SMILES string of the molecule is O=C(Nc1ncccc1F)Nc1c[nH]c2ncc(F)cc12. The average Bonchev–Trinajstić information content (AvgIpc) is 2.84. The summed E-state index contributed by atoms with van der Waals surface area (Å²) in [7, 11) is 0. The van der Waals surface area contributed by atoms with Crippen LogP contribution in [0.4, 0.5) is 25.1 Å². The molecule has 0 aromatic carbocycles. The van der Waals surface area contributed by atoms with Crippen LogP contribution in [0.3, 0.4) is 0 Å². The van der Waals surface area contributed by atoms with Crippen LogP contribution in [-0.4, -0.2) is 21.0 Å². The molecule has 0 saturated heterocycles. The number of H-pyrrole nitrogens is 1. The number of rotatable bonds is 2.